The second-order valence-electron chi connectivity index (χ2n) is 5.84. The topological polar surface area (TPSA) is 82.7 Å². The van der Waals surface area contributed by atoms with Crippen molar-refractivity contribution in [3.8, 4) is 0 Å². The van der Waals surface area contributed by atoms with Crippen molar-refractivity contribution in [3.63, 3.8) is 0 Å². The van der Waals surface area contributed by atoms with Crippen molar-refractivity contribution in [2.45, 2.75) is 64.5 Å². The van der Waals surface area contributed by atoms with Crippen molar-refractivity contribution >= 4 is 6.03 Å². The van der Waals surface area contributed by atoms with E-state index in [0.29, 0.717) is 5.82 Å². The van der Waals surface area contributed by atoms with Gasteiger partial charge in [0.25, 0.3) is 0 Å². The summed E-state index contributed by atoms with van der Waals surface area (Å²) >= 11 is 0. The average Bonchev–Trinajstić information content (AvgIpc) is 3.09. The smallest absolute Gasteiger partial charge is 0.315 e. The number of rotatable bonds is 6. The van der Waals surface area contributed by atoms with E-state index < -0.39 is 0 Å². The van der Waals surface area contributed by atoms with Crippen LogP contribution in [0.5, 0.6) is 0 Å². The summed E-state index contributed by atoms with van der Waals surface area (Å²) < 4.78 is 0. The Morgan fingerprint density at radius 1 is 1.40 bits per heavy atom. The lowest BCUT2D eigenvalue weighted by Gasteiger charge is -2.18. The standard InChI is InChI=1S/C14H25N5O/c1-10(7-8-12-5-3-4-6-12)17-14(20)18-11(2)13-15-9-16-19-13/h9-12H,3-8H2,1-2H3,(H,15,16,19)(H2,17,18,20)/t10-,11-/m0/s1. The van der Waals surface area contributed by atoms with Crippen LogP contribution in [0.2, 0.25) is 0 Å². The van der Waals surface area contributed by atoms with Crippen LogP contribution in [0.4, 0.5) is 4.79 Å². The highest BCUT2D eigenvalue weighted by Gasteiger charge is 2.17. The Labute approximate surface area is 120 Å². The first-order valence-corrected chi connectivity index (χ1v) is 7.57. The lowest BCUT2D eigenvalue weighted by Crippen LogP contribution is -2.42. The van der Waals surface area contributed by atoms with Crippen molar-refractivity contribution in [2.75, 3.05) is 0 Å². The molecule has 2 rings (SSSR count). The Morgan fingerprint density at radius 2 is 2.15 bits per heavy atom. The maximum absolute atomic E-state index is 11.9. The number of hydrogen-bond acceptors (Lipinski definition) is 3. The van der Waals surface area contributed by atoms with E-state index in [1.165, 1.54) is 38.4 Å². The molecule has 3 N–H and O–H groups in total. The number of carbonyl (C=O) groups is 1. The lowest BCUT2D eigenvalue weighted by atomic mass is 9.99. The first-order valence-electron chi connectivity index (χ1n) is 7.57. The Hall–Kier alpha value is -1.59. The van der Waals surface area contributed by atoms with Gasteiger partial charge in [0.05, 0.1) is 6.04 Å². The van der Waals surface area contributed by atoms with Crippen molar-refractivity contribution in [1.82, 2.24) is 25.8 Å². The Morgan fingerprint density at radius 3 is 2.80 bits per heavy atom. The van der Waals surface area contributed by atoms with Crippen molar-refractivity contribution in [1.29, 1.82) is 0 Å². The highest BCUT2D eigenvalue weighted by atomic mass is 16.2. The molecule has 6 nitrogen and oxygen atoms in total. The van der Waals surface area contributed by atoms with E-state index in [4.69, 9.17) is 0 Å². The molecule has 1 aromatic rings. The molecule has 0 bridgehead atoms. The number of carbonyl (C=O) groups excluding carboxylic acids is 1. The zero-order chi connectivity index (χ0) is 14.4. The van der Waals surface area contributed by atoms with Gasteiger partial charge in [0.2, 0.25) is 0 Å². The minimum Gasteiger partial charge on any atom is -0.336 e. The van der Waals surface area contributed by atoms with Crippen LogP contribution in [0.3, 0.4) is 0 Å². The van der Waals surface area contributed by atoms with Crippen molar-refractivity contribution in [2.24, 2.45) is 5.92 Å². The molecule has 1 aliphatic rings. The third-order valence-corrected chi connectivity index (χ3v) is 4.05. The molecule has 0 unspecified atom stereocenters. The summed E-state index contributed by atoms with van der Waals surface area (Å²) in [5, 5.41) is 12.4. The Balaban J connectivity index is 1.65. The van der Waals surface area contributed by atoms with E-state index >= 15 is 0 Å². The fourth-order valence-electron chi connectivity index (χ4n) is 2.81. The van der Waals surface area contributed by atoms with E-state index in [9.17, 15) is 4.79 Å². The van der Waals surface area contributed by atoms with E-state index in [2.05, 4.69) is 32.7 Å². The predicted molar refractivity (Wildman–Crippen MR) is 77.1 cm³/mol. The molecule has 1 aromatic heterocycles. The molecule has 1 heterocycles. The summed E-state index contributed by atoms with van der Waals surface area (Å²) in [6.45, 7) is 3.94. The van der Waals surface area contributed by atoms with Gasteiger partial charge in [0.15, 0.2) is 0 Å². The maximum Gasteiger partial charge on any atom is 0.315 e. The zero-order valence-corrected chi connectivity index (χ0v) is 12.4. The van der Waals surface area contributed by atoms with Crippen LogP contribution < -0.4 is 10.6 Å². The number of H-pyrrole nitrogens is 1. The van der Waals surface area contributed by atoms with Crippen molar-refractivity contribution in [3.05, 3.63) is 12.2 Å². The van der Waals surface area contributed by atoms with Gasteiger partial charge in [-0.15, -0.1) is 0 Å². The molecule has 2 atom stereocenters. The summed E-state index contributed by atoms with van der Waals surface area (Å²) in [6, 6.07) is -0.107. The van der Waals surface area contributed by atoms with Crippen LogP contribution in [-0.4, -0.2) is 27.3 Å². The van der Waals surface area contributed by atoms with Gasteiger partial charge < -0.3 is 10.6 Å². The molecule has 0 aromatic carbocycles. The summed E-state index contributed by atoms with van der Waals surface area (Å²) in [4.78, 5) is 15.9. The molecule has 20 heavy (non-hydrogen) atoms. The van der Waals surface area contributed by atoms with Crippen LogP contribution in [0, 0.1) is 5.92 Å². The van der Waals surface area contributed by atoms with Crippen LogP contribution in [0.1, 0.15) is 64.2 Å². The SMILES string of the molecule is C[C@H](NC(=O)N[C@@H](C)CCC1CCCC1)c1ncn[nH]1. The molecular weight excluding hydrogens is 254 g/mol. The van der Waals surface area contributed by atoms with Gasteiger partial charge in [0.1, 0.15) is 12.2 Å². The quantitative estimate of drug-likeness (QED) is 0.748. The molecule has 1 saturated carbocycles. The van der Waals surface area contributed by atoms with Gasteiger partial charge in [0, 0.05) is 6.04 Å². The molecule has 2 amide bonds. The molecular formula is C14H25N5O. The van der Waals surface area contributed by atoms with E-state index in [0.717, 1.165) is 12.3 Å². The molecule has 1 fully saturated rings. The highest BCUT2D eigenvalue weighted by molar-refractivity contribution is 5.74. The molecule has 0 radical (unpaired) electrons. The summed E-state index contributed by atoms with van der Waals surface area (Å²) in [5.41, 5.74) is 0. The number of nitrogens with zero attached hydrogens (tertiary/aromatic N) is 2. The second kappa shape index (κ2) is 7.26. The predicted octanol–water partition coefficient (Wildman–Crippen LogP) is 2.52. The number of aromatic amines is 1. The third kappa shape index (κ3) is 4.51. The molecule has 0 aliphatic heterocycles. The summed E-state index contributed by atoms with van der Waals surface area (Å²) in [6.07, 6.45) is 9.19. The third-order valence-electron chi connectivity index (χ3n) is 4.05. The Bertz CT molecular complexity index is 400. The minimum atomic E-state index is -0.167. The van der Waals surface area contributed by atoms with Gasteiger partial charge in [-0.3, -0.25) is 5.10 Å². The van der Waals surface area contributed by atoms with E-state index in [-0.39, 0.29) is 18.1 Å². The number of aromatic nitrogens is 3. The van der Waals surface area contributed by atoms with Crippen LogP contribution in [0.25, 0.3) is 0 Å². The monoisotopic (exact) mass is 279 g/mol. The van der Waals surface area contributed by atoms with E-state index in [1.54, 1.807) is 0 Å². The lowest BCUT2D eigenvalue weighted by molar-refractivity contribution is 0.233. The Kier molecular flexibility index (Phi) is 5.38. The molecule has 112 valence electrons. The van der Waals surface area contributed by atoms with Crippen molar-refractivity contribution < 1.29 is 4.79 Å². The largest absolute Gasteiger partial charge is 0.336 e. The van der Waals surface area contributed by atoms with Crippen LogP contribution in [-0.2, 0) is 0 Å². The van der Waals surface area contributed by atoms with Crippen LogP contribution >= 0.6 is 0 Å². The molecule has 0 spiro atoms. The first kappa shape index (κ1) is 14.8. The van der Waals surface area contributed by atoms with Gasteiger partial charge in [-0.05, 0) is 32.6 Å². The van der Waals surface area contributed by atoms with Gasteiger partial charge in [-0.25, -0.2) is 9.78 Å². The summed E-state index contributed by atoms with van der Waals surface area (Å²) in [7, 11) is 0. The number of urea groups is 1. The molecule has 6 heteroatoms. The van der Waals surface area contributed by atoms with E-state index in [1.807, 2.05) is 6.92 Å². The fraction of sp³-hybridized carbons (Fsp3) is 0.786. The normalized spacial score (nSPS) is 18.7. The van der Waals surface area contributed by atoms with Gasteiger partial charge in [-0.2, -0.15) is 5.10 Å². The minimum absolute atomic E-state index is 0.146. The van der Waals surface area contributed by atoms with Crippen LogP contribution in [0.15, 0.2) is 6.33 Å². The number of hydrogen-bond donors (Lipinski definition) is 3. The van der Waals surface area contributed by atoms with Gasteiger partial charge >= 0.3 is 6.03 Å². The highest BCUT2D eigenvalue weighted by Crippen LogP contribution is 2.28. The number of amides is 2. The molecule has 0 saturated heterocycles. The molecule has 1 aliphatic carbocycles. The average molecular weight is 279 g/mol. The fourth-order valence-corrected chi connectivity index (χ4v) is 2.81. The summed E-state index contributed by atoms with van der Waals surface area (Å²) in [5.74, 6) is 1.54. The zero-order valence-electron chi connectivity index (χ0n) is 12.4. The second-order valence-corrected chi connectivity index (χ2v) is 5.84. The maximum atomic E-state index is 11.9. The first-order chi connectivity index (χ1) is 9.65. The van der Waals surface area contributed by atoms with Gasteiger partial charge in [-0.1, -0.05) is 25.7 Å². The number of nitrogens with one attached hydrogen (secondary N) is 3.